The normalized spacial score (nSPS) is 13.9. The van der Waals surface area contributed by atoms with Crippen molar-refractivity contribution < 1.29 is 13.7 Å². The topological polar surface area (TPSA) is 93.2 Å². The molecule has 1 atom stereocenters. The van der Waals surface area contributed by atoms with Crippen molar-refractivity contribution in [3.63, 3.8) is 0 Å². The van der Waals surface area contributed by atoms with E-state index in [1.54, 1.807) is 0 Å². The number of rotatable bonds is 10. The van der Waals surface area contributed by atoms with Crippen LogP contribution in [0.3, 0.4) is 0 Å². The number of anilines is 2. The van der Waals surface area contributed by atoms with Crippen LogP contribution in [0.5, 0.6) is 5.75 Å². The summed E-state index contributed by atoms with van der Waals surface area (Å²) in [6.07, 6.45) is 2.06. The fraction of sp³-hybridized carbons (Fsp3) is 0.292. The molecule has 7 nitrogen and oxygen atoms in total. The average Bonchev–Trinajstić information content (AvgIpc) is 3.63. The first-order chi connectivity index (χ1) is 15.9. The van der Waals surface area contributed by atoms with Crippen LogP contribution in [-0.4, -0.2) is 31.1 Å². The SMILES string of the molecule is Cc1cc(C)nc(SCC(=O)Nc2cccc(COc3ccc(NS(=O)C4CC4)cc3)c2)n1. The number of amides is 1. The number of ether oxygens (including phenoxy) is 1. The zero-order chi connectivity index (χ0) is 23.2. The molecule has 3 aromatic rings. The number of benzene rings is 2. The fourth-order valence-corrected chi connectivity index (χ4v) is 4.94. The molecular weight excluding hydrogens is 456 g/mol. The van der Waals surface area contributed by atoms with E-state index < -0.39 is 11.0 Å². The molecule has 4 rings (SSSR count). The summed E-state index contributed by atoms with van der Waals surface area (Å²) in [6.45, 7) is 4.19. The molecule has 0 saturated heterocycles. The van der Waals surface area contributed by atoms with Gasteiger partial charge in [0.2, 0.25) is 5.91 Å². The standard InChI is InChI=1S/C24H26N4O3S2/c1-16-12-17(2)26-24(25-16)32-15-23(29)27-20-5-3-4-18(13-20)14-31-21-8-6-19(7-9-21)28-33(30)22-10-11-22/h3-9,12-13,22,28H,10-11,14-15H2,1-2H3,(H,27,29). The molecule has 2 aromatic carbocycles. The van der Waals surface area contributed by atoms with E-state index >= 15 is 0 Å². The number of nitrogens with one attached hydrogen (secondary N) is 2. The number of aryl methyl sites for hydroxylation is 2. The van der Waals surface area contributed by atoms with E-state index in [1.165, 1.54) is 11.8 Å². The van der Waals surface area contributed by atoms with Gasteiger partial charge in [0.25, 0.3) is 0 Å². The highest BCUT2D eigenvalue weighted by Crippen LogP contribution is 2.27. The van der Waals surface area contributed by atoms with E-state index in [0.29, 0.717) is 17.5 Å². The fourth-order valence-electron chi connectivity index (χ4n) is 3.09. The van der Waals surface area contributed by atoms with Gasteiger partial charge >= 0.3 is 0 Å². The molecular formula is C24H26N4O3S2. The van der Waals surface area contributed by atoms with Crippen LogP contribution in [0.2, 0.25) is 0 Å². The minimum atomic E-state index is -1.01. The Morgan fingerprint density at radius 2 is 1.79 bits per heavy atom. The van der Waals surface area contributed by atoms with Gasteiger partial charge in [-0.3, -0.25) is 4.79 Å². The molecule has 1 amide bonds. The lowest BCUT2D eigenvalue weighted by Gasteiger charge is -2.10. The first-order valence-electron chi connectivity index (χ1n) is 10.7. The summed E-state index contributed by atoms with van der Waals surface area (Å²) in [7, 11) is -1.01. The summed E-state index contributed by atoms with van der Waals surface area (Å²) in [4.78, 5) is 21.0. The number of hydrogen-bond donors (Lipinski definition) is 2. The Kier molecular flexibility index (Phi) is 7.61. The molecule has 1 aliphatic rings. The van der Waals surface area contributed by atoms with Crippen molar-refractivity contribution in [2.75, 3.05) is 15.8 Å². The Labute approximate surface area is 200 Å². The molecule has 172 valence electrons. The Bertz CT molecular complexity index is 1130. The molecule has 1 aliphatic carbocycles. The van der Waals surface area contributed by atoms with Crippen molar-refractivity contribution >= 4 is 40.0 Å². The minimum Gasteiger partial charge on any atom is -0.489 e. The van der Waals surface area contributed by atoms with Gasteiger partial charge in [-0.25, -0.2) is 14.2 Å². The highest BCUT2D eigenvalue weighted by molar-refractivity contribution is 7.99. The second-order valence-electron chi connectivity index (χ2n) is 7.88. The molecule has 1 heterocycles. The van der Waals surface area contributed by atoms with E-state index in [4.69, 9.17) is 4.74 Å². The molecule has 33 heavy (non-hydrogen) atoms. The van der Waals surface area contributed by atoms with E-state index in [0.717, 1.165) is 41.2 Å². The first-order valence-corrected chi connectivity index (χ1v) is 12.9. The molecule has 1 fully saturated rings. The van der Waals surface area contributed by atoms with Gasteiger partial charge in [0.15, 0.2) is 5.16 Å². The maximum absolute atomic E-state index is 12.4. The first kappa shape index (κ1) is 23.3. The molecule has 1 saturated carbocycles. The third kappa shape index (κ3) is 7.30. The lowest BCUT2D eigenvalue weighted by atomic mass is 10.2. The lowest BCUT2D eigenvalue weighted by molar-refractivity contribution is -0.113. The van der Waals surface area contributed by atoms with Gasteiger partial charge in [-0.15, -0.1) is 0 Å². The summed E-state index contributed by atoms with van der Waals surface area (Å²) in [5, 5.41) is 3.80. The molecule has 9 heteroatoms. The van der Waals surface area contributed by atoms with Crippen molar-refractivity contribution in [3.8, 4) is 5.75 Å². The largest absolute Gasteiger partial charge is 0.489 e. The summed E-state index contributed by atoms with van der Waals surface area (Å²) in [5.74, 6) is 0.833. The van der Waals surface area contributed by atoms with Crippen LogP contribution < -0.4 is 14.8 Å². The number of carbonyl (C=O) groups is 1. The number of nitrogens with zero attached hydrogens (tertiary/aromatic N) is 2. The van der Waals surface area contributed by atoms with Crippen molar-refractivity contribution in [2.24, 2.45) is 0 Å². The van der Waals surface area contributed by atoms with E-state index in [1.807, 2.05) is 68.4 Å². The zero-order valence-electron chi connectivity index (χ0n) is 18.5. The van der Waals surface area contributed by atoms with E-state index in [-0.39, 0.29) is 16.9 Å². The molecule has 1 unspecified atom stereocenters. The minimum absolute atomic E-state index is 0.118. The quantitative estimate of drug-likeness (QED) is 0.323. The number of thioether (sulfide) groups is 1. The van der Waals surface area contributed by atoms with Crippen LogP contribution in [0.1, 0.15) is 29.8 Å². The van der Waals surface area contributed by atoms with Crippen molar-refractivity contribution in [2.45, 2.75) is 43.7 Å². The van der Waals surface area contributed by atoms with Gasteiger partial charge in [0.1, 0.15) is 23.3 Å². The predicted molar refractivity (Wildman–Crippen MR) is 133 cm³/mol. The van der Waals surface area contributed by atoms with Gasteiger partial charge in [0.05, 0.1) is 11.0 Å². The van der Waals surface area contributed by atoms with E-state index in [9.17, 15) is 9.00 Å². The van der Waals surface area contributed by atoms with Crippen LogP contribution in [0, 0.1) is 13.8 Å². The molecule has 0 bridgehead atoms. The van der Waals surface area contributed by atoms with Gasteiger partial charge in [-0.05, 0) is 74.7 Å². The Morgan fingerprint density at radius 3 is 2.48 bits per heavy atom. The third-order valence-electron chi connectivity index (χ3n) is 4.81. The highest BCUT2D eigenvalue weighted by Gasteiger charge is 2.28. The van der Waals surface area contributed by atoms with Crippen LogP contribution in [-0.2, 0) is 22.4 Å². The highest BCUT2D eigenvalue weighted by atomic mass is 32.2. The summed E-state index contributed by atoms with van der Waals surface area (Å²) < 4.78 is 20.8. The monoisotopic (exact) mass is 482 g/mol. The second kappa shape index (κ2) is 10.8. The molecule has 2 N–H and O–H groups in total. The number of aromatic nitrogens is 2. The molecule has 0 aliphatic heterocycles. The summed E-state index contributed by atoms with van der Waals surface area (Å²) >= 11 is 1.31. The molecule has 0 radical (unpaired) electrons. The maximum Gasteiger partial charge on any atom is 0.234 e. The predicted octanol–water partition coefficient (Wildman–Crippen LogP) is 4.64. The van der Waals surface area contributed by atoms with Crippen LogP contribution in [0.25, 0.3) is 0 Å². The van der Waals surface area contributed by atoms with Crippen molar-refractivity contribution in [1.29, 1.82) is 0 Å². The lowest BCUT2D eigenvalue weighted by Crippen LogP contribution is -2.14. The van der Waals surface area contributed by atoms with Crippen LogP contribution >= 0.6 is 11.8 Å². The summed E-state index contributed by atoms with van der Waals surface area (Å²) in [6, 6.07) is 16.9. The second-order valence-corrected chi connectivity index (χ2v) is 10.3. The zero-order valence-corrected chi connectivity index (χ0v) is 20.2. The average molecular weight is 483 g/mol. The molecule has 1 aromatic heterocycles. The van der Waals surface area contributed by atoms with Crippen LogP contribution in [0.4, 0.5) is 11.4 Å². The maximum atomic E-state index is 12.4. The van der Waals surface area contributed by atoms with Gasteiger partial charge < -0.3 is 14.8 Å². The smallest absolute Gasteiger partial charge is 0.234 e. The Morgan fingerprint density at radius 1 is 1.06 bits per heavy atom. The summed E-state index contributed by atoms with van der Waals surface area (Å²) in [5.41, 5.74) is 4.25. The van der Waals surface area contributed by atoms with Gasteiger partial charge in [-0.1, -0.05) is 23.9 Å². The van der Waals surface area contributed by atoms with Crippen molar-refractivity contribution in [1.82, 2.24) is 9.97 Å². The van der Waals surface area contributed by atoms with Crippen LogP contribution in [0.15, 0.2) is 59.8 Å². The van der Waals surface area contributed by atoms with Gasteiger partial charge in [-0.2, -0.15) is 0 Å². The molecule has 0 spiro atoms. The van der Waals surface area contributed by atoms with Gasteiger partial charge in [0, 0.05) is 22.8 Å². The van der Waals surface area contributed by atoms with Crippen molar-refractivity contribution in [3.05, 3.63) is 71.5 Å². The third-order valence-corrected chi connectivity index (χ3v) is 7.17. The number of carbonyl (C=O) groups excluding carboxylic acids is 1. The Balaban J connectivity index is 1.25. The van der Waals surface area contributed by atoms with E-state index in [2.05, 4.69) is 20.0 Å². The Hall–Kier alpha value is -2.91. The number of hydrogen-bond acceptors (Lipinski definition) is 6.